The zero-order valence-electron chi connectivity index (χ0n) is 13.1. The number of nitro groups is 1. The van der Waals surface area contributed by atoms with Crippen LogP contribution in [-0.2, 0) is 4.79 Å². The summed E-state index contributed by atoms with van der Waals surface area (Å²) in [6.45, 7) is 0.703. The number of benzene rings is 2. The van der Waals surface area contributed by atoms with Gasteiger partial charge in [-0.1, -0.05) is 18.2 Å². The Kier molecular flexibility index (Phi) is 2.73. The second kappa shape index (κ2) is 4.76. The van der Waals surface area contributed by atoms with E-state index in [0.29, 0.717) is 23.0 Å². The van der Waals surface area contributed by atoms with E-state index in [9.17, 15) is 19.7 Å². The van der Waals surface area contributed by atoms with Crippen LogP contribution >= 0.6 is 0 Å². The highest BCUT2D eigenvalue weighted by Crippen LogP contribution is 2.41. The van der Waals surface area contributed by atoms with Crippen molar-refractivity contribution in [1.82, 2.24) is 10.2 Å². The summed E-state index contributed by atoms with van der Waals surface area (Å²) in [6.07, 6.45) is 0.803. The number of fused-ring (bicyclic) bond motifs is 6. The van der Waals surface area contributed by atoms with E-state index in [1.54, 1.807) is 29.2 Å². The van der Waals surface area contributed by atoms with Crippen LogP contribution in [0.25, 0.3) is 10.8 Å². The first-order valence-corrected chi connectivity index (χ1v) is 8.13. The van der Waals surface area contributed by atoms with Crippen LogP contribution in [0.3, 0.4) is 0 Å². The number of nitrogens with one attached hydrogen (secondary N) is 1. The molecule has 2 aromatic rings. The lowest BCUT2D eigenvalue weighted by Crippen LogP contribution is -2.51. The van der Waals surface area contributed by atoms with Gasteiger partial charge in [-0.3, -0.25) is 14.9 Å². The fourth-order valence-electron chi connectivity index (χ4n) is 4.37. The van der Waals surface area contributed by atoms with Crippen molar-refractivity contribution in [2.45, 2.75) is 24.5 Å². The van der Waals surface area contributed by atoms with Gasteiger partial charge in [0, 0.05) is 30.1 Å². The number of anilines is 1. The van der Waals surface area contributed by atoms with Crippen LogP contribution in [0, 0.1) is 10.1 Å². The van der Waals surface area contributed by atoms with Gasteiger partial charge in [-0.15, -0.1) is 0 Å². The largest absolute Gasteiger partial charge is 0.332 e. The fraction of sp³-hybridized carbons (Fsp3) is 0.294. The topological polar surface area (TPSA) is 95.8 Å². The first kappa shape index (κ1) is 14.4. The third-order valence-electron chi connectivity index (χ3n) is 5.42. The first-order valence-electron chi connectivity index (χ1n) is 8.13. The van der Waals surface area contributed by atoms with Crippen LogP contribution in [0.2, 0.25) is 0 Å². The van der Waals surface area contributed by atoms with Gasteiger partial charge >= 0.3 is 6.03 Å². The summed E-state index contributed by atoms with van der Waals surface area (Å²) < 4.78 is 0. The molecule has 0 aliphatic carbocycles. The van der Waals surface area contributed by atoms with Crippen LogP contribution in [0.15, 0.2) is 36.4 Å². The normalized spacial score (nSPS) is 27.4. The summed E-state index contributed by atoms with van der Waals surface area (Å²) in [7, 11) is 0. The van der Waals surface area contributed by atoms with Crippen molar-refractivity contribution in [3.8, 4) is 0 Å². The smallest absolute Gasteiger partial charge is 0.309 e. The predicted molar refractivity (Wildman–Crippen MR) is 89.3 cm³/mol. The lowest BCUT2D eigenvalue weighted by molar-refractivity contribution is -0.383. The number of amides is 3. The molecule has 0 unspecified atom stereocenters. The van der Waals surface area contributed by atoms with Crippen LogP contribution in [0.5, 0.6) is 0 Å². The Morgan fingerprint density at radius 2 is 1.88 bits per heavy atom. The molecule has 3 aliphatic rings. The quantitative estimate of drug-likeness (QED) is 0.510. The lowest BCUT2D eigenvalue weighted by Gasteiger charge is -2.26. The molecule has 3 amide bonds. The molecule has 2 aromatic carbocycles. The standard InChI is InChI=1S/C17H14N4O4/c22-16-15-12-7-9(8-18-12)19(15)17(23)20(16)13-5-6-14(21(24)25)11-4-2-1-3-10(11)13/h1-6,9,12,15,18H,7-8H2/t9-,12-,15+/m1/s1. The maximum atomic E-state index is 12.9. The Morgan fingerprint density at radius 3 is 2.60 bits per heavy atom. The number of urea groups is 1. The molecule has 8 heteroatoms. The van der Waals surface area contributed by atoms with E-state index in [4.69, 9.17) is 0 Å². The summed E-state index contributed by atoms with van der Waals surface area (Å²) >= 11 is 0. The molecule has 0 spiro atoms. The molecule has 0 aromatic heterocycles. The average Bonchev–Trinajstić information content (AvgIpc) is 3.28. The predicted octanol–water partition coefficient (Wildman–Crippen LogP) is 1.63. The fourth-order valence-corrected chi connectivity index (χ4v) is 4.37. The Morgan fingerprint density at radius 1 is 1.12 bits per heavy atom. The highest BCUT2D eigenvalue weighted by atomic mass is 16.6. The van der Waals surface area contributed by atoms with Crippen molar-refractivity contribution in [1.29, 1.82) is 0 Å². The van der Waals surface area contributed by atoms with Gasteiger partial charge in [0.05, 0.1) is 16.0 Å². The third kappa shape index (κ3) is 1.74. The molecule has 126 valence electrons. The van der Waals surface area contributed by atoms with Crippen molar-refractivity contribution in [3.63, 3.8) is 0 Å². The van der Waals surface area contributed by atoms with E-state index >= 15 is 0 Å². The van der Waals surface area contributed by atoms with Gasteiger partial charge in [-0.25, -0.2) is 9.69 Å². The van der Waals surface area contributed by atoms with Crippen LogP contribution in [-0.4, -0.2) is 46.4 Å². The van der Waals surface area contributed by atoms with E-state index in [1.807, 2.05) is 0 Å². The maximum Gasteiger partial charge on any atom is 0.332 e. The Hall–Kier alpha value is -3.00. The summed E-state index contributed by atoms with van der Waals surface area (Å²) in [5.41, 5.74) is 0.366. The summed E-state index contributed by atoms with van der Waals surface area (Å²) in [6, 6.07) is 8.87. The van der Waals surface area contributed by atoms with Gasteiger partial charge in [0.25, 0.3) is 11.6 Å². The highest BCUT2D eigenvalue weighted by Gasteiger charge is 2.59. The Balaban J connectivity index is 1.67. The minimum atomic E-state index is -0.472. The highest BCUT2D eigenvalue weighted by molar-refractivity contribution is 6.25. The number of imide groups is 1. The molecule has 5 rings (SSSR count). The van der Waals surface area contributed by atoms with E-state index < -0.39 is 11.0 Å². The van der Waals surface area contributed by atoms with Crippen molar-refractivity contribution in [2.24, 2.45) is 0 Å². The number of nitrogens with zero attached hydrogens (tertiary/aromatic N) is 3. The molecule has 3 aliphatic heterocycles. The summed E-state index contributed by atoms with van der Waals surface area (Å²) in [4.78, 5) is 39.5. The molecular formula is C17H14N4O4. The van der Waals surface area contributed by atoms with Gasteiger partial charge < -0.3 is 10.2 Å². The molecule has 3 fully saturated rings. The molecule has 1 N–H and O–H groups in total. The molecule has 2 bridgehead atoms. The Bertz CT molecular complexity index is 931. The molecule has 25 heavy (non-hydrogen) atoms. The number of nitro benzene ring substituents is 1. The monoisotopic (exact) mass is 338 g/mol. The van der Waals surface area contributed by atoms with Crippen molar-refractivity contribution >= 4 is 34.1 Å². The van der Waals surface area contributed by atoms with E-state index in [-0.39, 0.29) is 29.7 Å². The lowest BCUT2D eigenvalue weighted by atomic mass is 10.1. The summed E-state index contributed by atoms with van der Waals surface area (Å²) in [5, 5.41) is 15.5. The third-order valence-corrected chi connectivity index (χ3v) is 5.42. The minimum absolute atomic E-state index is 0.00392. The molecule has 3 saturated heterocycles. The van der Waals surface area contributed by atoms with Crippen LogP contribution < -0.4 is 10.2 Å². The molecule has 8 nitrogen and oxygen atoms in total. The number of piperazine rings is 1. The van der Waals surface area contributed by atoms with Crippen molar-refractivity contribution in [2.75, 3.05) is 11.4 Å². The zero-order chi connectivity index (χ0) is 17.3. The number of rotatable bonds is 2. The van der Waals surface area contributed by atoms with Gasteiger partial charge in [-0.05, 0) is 18.6 Å². The van der Waals surface area contributed by atoms with Crippen LogP contribution in [0.1, 0.15) is 6.42 Å². The van der Waals surface area contributed by atoms with Crippen molar-refractivity contribution < 1.29 is 14.5 Å². The Labute approximate surface area is 142 Å². The van der Waals surface area contributed by atoms with Gasteiger partial charge in [0.1, 0.15) is 6.04 Å². The number of carbonyl (C=O) groups excluding carboxylic acids is 2. The first-order chi connectivity index (χ1) is 12.1. The van der Waals surface area contributed by atoms with Crippen LogP contribution in [0.4, 0.5) is 16.2 Å². The van der Waals surface area contributed by atoms with Gasteiger partial charge in [-0.2, -0.15) is 0 Å². The second-order valence-corrected chi connectivity index (χ2v) is 6.62. The minimum Gasteiger partial charge on any atom is -0.309 e. The number of hydrogen-bond acceptors (Lipinski definition) is 5. The SMILES string of the molecule is O=C1[C@@H]2[C@H]3C[C@H](CN3)N2C(=O)N1c1ccc([N+](=O)[O-])c2ccccc12. The summed E-state index contributed by atoms with van der Waals surface area (Å²) in [5.74, 6) is -0.260. The van der Waals surface area contributed by atoms with E-state index in [2.05, 4.69) is 5.32 Å². The van der Waals surface area contributed by atoms with Gasteiger partial charge in [0.15, 0.2) is 0 Å². The zero-order valence-corrected chi connectivity index (χ0v) is 13.1. The van der Waals surface area contributed by atoms with E-state index in [1.165, 1.54) is 17.0 Å². The molecule has 0 saturated carbocycles. The van der Waals surface area contributed by atoms with Crippen molar-refractivity contribution in [3.05, 3.63) is 46.5 Å². The maximum absolute atomic E-state index is 12.9. The number of hydrogen-bond donors (Lipinski definition) is 1. The number of carbonyl (C=O) groups is 2. The van der Waals surface area contributed by atoms with Gasteiger partial charge in [0.2, 0.25) is 0 Å². The molecule has 3 atom stereocenters. The average molecular weight is 338 g/mol. The molecule has 0 radical (unpaired) electrons. The molecular weight excluding hydrogens is 324 g/mol. The van der Waals surface area contributed by atoms with E-state index in [0.717, 1.165) is 6.42 Å². The molecule has 3 heterocycles. The number of non-ortho nitro benzene ring substituents is 1. The second-order valence-electron chi connectivity index (χ2n) is 6.62.